The van der Waals surface area contributed by atoms with Crippen molar-refractivity contribution in [1.82, 2.24) is 19.9 Å². The average Bonchev–Trinajstić information content (AvgIpc) is 2.90. The smallest absolute Gasteiger partial charge is 0.253 e. The summed E-state index contributed by atoms with van der Waals surface area (Å²) >= 11 is 3.26. The summed E-state index contributed by atoms with van der Waals surface area (Å²) in [5.74, 6) is -0.116. The number of nitrogens with zero attached hydrogens (tertiary/aromatic N) is 3. The molecule has 0 bridgehead atoms. The van der Waals surface area contributed by atoms with E-state index in [0.29, 0.717) is 16.7 Å². The molecule has 0 radical (unpaired) electrons. The zero-order chi connectivity index (χ0) is 15.5. The Morgan fingerprint density at radius 2 is 2.19 bits per heavy atom. The Balaban J connectivity index is 2.11. The lowest BCUT2D eigenvalue weighted by Gasteiger charge is -2.31. The number of hydrogen-bond acceptors (Lipinski definition) is 3. The van der Waals surface area contributed by atoms with Crippen molar-refractivity contribution < 1.29 is 4.79 Å². The lowest BCUT2D eigenvalue weighted by atomic mass is 9.86. The fourth-order valence-electron chi connectivity index (χ4n) is 1.89. The molecule has 2 rings (SSSR count). The second-order valence-electron chi connectivity index (χ2n) is 6.02. The number of rotatable bonds is 4. The monoisotopic (exact) mass is 350 g/mol. The van der Waals surface area contributed by atoms with E-state index in [9.17, 15) is 4.79 Å². The maximum Gasteiger partial charge on any atom is 0.253 e. The van der Waals surface area contributed by atoms with Crippen LogP contribution in [-0.2, 0) is 6.54 Å². The standard InChI is InChI=1S/C15H19BrN4O/c1-15(2,3)12(9-20-7-6-17-10-20)19-14(21)11-4-5-13(16)18-8-11/h4-8,10,12H,9H2,1-3H3,(H,19,21). The fraction of sp³-hybridized carbons (Fsp3) is 0.400. The van der Waals surface area contributed by atoms with Gasteiger partial charge in [-0.3, -0.25) is 4.79 Å². The number of carbonyl (C=O) groups excluding carboxylic acids is 1. The zero-order valence-corrected chi connectivity index (χ0v) is 14.0. The van der Waals surface area contributed by atoms with Crippen molar-refractivity contribution in [2.24, 2.45) is 5.41 Å². The molecule has 0 fully saturated rings. The minimum absolute atomic E-state index is 0.0113. The molecule has 1 amide bonds. The molecule has 0 aliphatic heterocycles. The number of hydrogen-bond donors (Lipinski definition) is 1. The maximum atomic E-state index is 12.4. The van der Waals surface area contributed by atoms with Gasteiger partial charge in [0.25, 0.3) is 5.91 Å². The van der Waals surface area contributed by atoms with E-state index in [1.54, 1.807) is 30.9 Å². The molecule has 0 spiro atoms. The summed E-state index contributed by atoms with van der Waals surface area (Å²) < 4.78 is 2.68. The molecule has 5 nitrogen and oxygen atoms in total. The highest BCUT2D eigenvalue weighted by atomic mass is 79.9. The minimum atomic E-state index is -0.116. The van der Waals surface area contributed by atoms with E-state index in [1.807, 2.05) is 10.8 Å². The number of imidazole rings is 1. The van der Waals surface area contributed by atoms with Crippen LogP contribution < -0.4 is 5.32 Å². The van der Waals surface area contributed by atoms with Gasteiger partial charge in [0.2, 0.25) is 0 Å². The van der Waals surface area contributed by atoms with Crippen LogP contribution >= 0.6 is 15.9 Å². The van der Waals surface area contributed by atoms with Crippen LogP contribution in [-0.4, -0.2) is 26.5 Å². The van der Waals surface area contributed by atoms with E-state index in [1.165, 1.54) is 0 Å². The van der Waals surface area contributed by atoms with Gasteiger partial charge >= 0.3 is 0 Å². The van der Waals surface area contributed by atoms with Crippen molar-refractivity contribution in [3.8, 4) is 0 Å². The Hall–Kier alpha value is -1.69. The molecule has 0 aliphatic rings. The van der Waals surface area contributed by atoms with Gasteiger partial charge in [-0.2, -0.15) is 0 Å². The lowest BCUT2D eigenvalue weighted by molar-refractivity contribution is 0.0892. The highest BCUT2D eigenvalue weighted by Gasteiger charge is 2.27. The van der Waals surface area contributed by atoms with Crippen molar-refractivity contribution >= 4 is 21.8 Å². The minimum Gasteiger partial charge on any atom is -0.347 e. The molecular weight excluding hydrogens is 332 g/mol. The van der Waals surface area contributed by atoms with Gasteiger partial charge in [-0.1, -0.05) is 20.8 Å². The zero-order valence-electron chi connectivity index (χ0n) is 12.4. The van der Waals surface area contributed by atoms with Crippen molar-refractivity contribution in [3.63, 3.8) is 0 Å². The van der Waals surface area contributed by atoms with Crippen LogP contribution in [0.4, 0.5) is 0 Å². The molecule has 1 N–H and O–H groups in total. The van der Waals surface area contributed by atoms with Crippen molar-refractivity contribution in [2.45, 2.75) is 33.4 Å². The number of carbonyl (C=O) groups is 1. The quantitative estimate of drug-likeness (QED) is 0.862. The van der Waals surface area contributed by atoms with Crippen LogP contribution in [0.1, 0.15) is 31.1 Å². The van der Waals surface area contributed by atoms with Gasteiger partial charge in [-0.25, -0.2) is 9.97 Å². The Labute approximate surface area is 132 Å². The second kappa shape index (κ2) is 6.39. The summed E-state index contributed by atoms with van der Waals surface area (Å²) in [6.07, 6.45) is 6.95. The Bertz CT molecular complexity index is 587. The number of amides is 1. The average molecular weight is 351 g/mol. The summed E-state index contributed by atoms with van der Waals surface area (Å²) in [6.45, 7) is 7.00. The predicted molar refractivity (Wildman–Crippen MR) is 84.9 cm³/mol. The second-order valence-corrected chi connectivity index (χ2v) is 6.83. The third-order valence-electron chi connectivity index (χ3n) is 3.29. The first-order valence-corrected chi connectivity index (χ1v) is 7.54. The molecule has 2 aromatic rings. The summed E-state index contributed by atoms with van der Waals surface area (Å²) in [7, 11) is 0. The molecule has 1 unspecified atom stereocenters. The van der Waals surface area contributed by atoms with Gasteiger partial charge in [0.15, 0.2) is 0 Å². The number of halogens is 1. The lowest BCUT2D eigenvalue weighted by Crippen LogP contribution is -2.46. The number of pyridine rings is 1. The highest BCUT2D eigenvalue weighted by molar-refractivity contribution is 9.10. The van der Waals surface area contributed by atoms with Crippen LogP contribution in [0.15, 0.2) is 41.7 Å². The van der Waals surface area contributed by atoms with Gasteiger partial charge in [0.1, 0.15) is 4.60 Å². The third-order valence-corrected chi connectivity index (χ3v) is 3.76. The van der Waals surface area contributed by atoms with Crippen molar-refractivity contribution in [3.05, 3.63) is 47.2 Å². The number of nitrogens with one attached hydrogen (secondary N) is 1. The first kappa shape index (κ1) is 15.7. The summed E-state index contributed by atoms with van der Waals surface area (Å²) in [5, 5.41) is 3.09. The topological polar surface area (TPSA) is 59.8 Å². The molecule has 0 saturated heterocycles. The van der Waals surface area contributed by atoms with Crippen molar-refractivity contribution in [1.29, 1.82) is 0 Å². The van der Waals surface area contributed by atoms with Gasteiger partial charge in [0.05, 0.1) is 17.9 Å². The number of aromatic nitrogens is 3. The Morgan fingerprint density at radius 1 is 1.43 bits per heavy atom. The molecule has 0 aliphatic carbocycles. The van der Waals surface area contributed by atoms with E-state index >= 15 is 0 Å². The van der Waals surface area contributed by atoms with Gasteiger partial charge in [-0.15, -0.1) is 0 Å². The SMILES string of the molecule is CC(C)(C)C(Cn1ccnc1)NC(=O)c1ccc(Br)nc1. The first-order chi connectivity index (χ1) is 9.86. The van der Waals surface area contributed by atoms with Gasteiger partial charge in [0, 0.05) is 25.1 Å². The van der Waals surface area contributed by atoms with Crippen LogP contribution in [0, 0.1) is 5.41 Å². The van der Waals surface area contributed by atoms with Crippen LogP contribution in [0.2, 0.25) is 0 Å². The molecule has 21 heavy (non-hydrogen) atoms. The molecule has 112 valence electrons. The summed E-state index contributed by atoms with van der Waals surface area (Å²) in [4.78, 5) is 20.5. The van der Waals surface area contributed by atoms with Crippen LogP contribution in [0.5, 0.6) is 0 Å². The van der Waals surface area contributed by atoms with E-state index in [4.69, 9.17) is 0 Å². The molecule has 6 heteroatoms. The fourth-order valence-corrected chi connectivity index (χ4v) is 2.13. The van der Waals surface area contributed by atoms with Crippen LogP contribution in [0.25, 0.3) is 0 Å². The highest BCUT2D eigenvalue weighted by Crippen LogP contribution is 2.21. The largest absolute Gasteiger partial charge is 0.347 e. The summed E-state index contributed by atoms with van der Waals surface area (Å²) in [6, 6.07) is 3.50. The van der Waals surface area contributed by atoms with Crippen molar-refractivity contribution in [2.75, 3.05) is 0 Å². The first-order valence-electron chi connectivity index (χ1n) is 6.74. The van der Waals surface area contributed by atoms with Gasteiger partial charge < -0.3 is 9.88 Å². The predicted octanol–water partition coefficient (Wildman–Crippen LogP) is 2.89. The Morgan fingerprint density at radius 3 is 2.71 bits per heavy atom. The Kier molecular flexibility index (Phi) is 4.77. The molecular formula is C15H19BrN4O. The molecule has 0 aromatic carbocycles. The maximum absolute atomic E-state index is 12.4. The molecule has 2 aromatic heterocycles. The molecule has 1 atom stereocenters. The molecule has 0 saturated carbocycles. The van der Waals surface area contributed by atoms with E-state index < -0.39 is 0 Å². The third kappa shape index (κ3) is 4.39. The van der Waals surface area contributed by atoms with E-state index in [-0.39, 0.29) is 17.4 Å². The van der Waals surface area contributed by atoms with Crippen LogP contribution in [0.3, 0.4) is 0 Å². The molecule has 2 heterocycles. The summed E-state index contributed by atoms with van der Waals surface area (Å²) in [5.41, 5.74) is 0.487. The normalized spacial score (nSPS) is 13.0. The van der Waals surface area contributed by atoms with Gasteiger partial charge in [-0.05, 0) is 33.5 Å². The van der Waals surface area contributed by atoms with E-state index in [0.717, 1.165) is 0 Å². The van der Waals surface area contributed by atoms with E-state index in [2.05, 4.69) is 52.0 Å².